The second-order valence-corrected chi connectivity index (χ2v) is 6.34. The summed E-state index contributed by atoms with van der Waals surface area (Å²) in [7, 11) is 0. The molecule has 1 saturated carbocycles. The molecule has 0 amide bonds. The van der Waals surface area contributed by atoms with Gasteiger partial charge in [0.1, 0.15) is 5.78 Å². The summed E-state index contributed by atoms with van der Waals surface area (Å²) in [4.78, 5) is 11.8. The molecule has 0 aromatic heterocycles. The minimum Gasteiger partial charge on any atom is -0.299 e. The van der Waals surface area contributed by atoms with Crippen LogP contribution < -0.4 is 0 Å². The van der Waals surface area contributed by atoms with Crippen molar-refractivity contribution in [2.75, 3.05) is 0 Å². The lowest BCUT2D eigenvalue weighted by atomic mass is 9.79. The maximum Gasteiger partial charge on any atom is 0.138 e. The smallest absolute Gasteiger partial charge is 0.138 e. The number of carbonyl (C=O) groups is 1. The summed E-state index contributed by atoms with van der Waals surface area (Å²) in [5, 5.41) is 0. The Balaban J connectivity index is 2.23. The van der Waals surface area contributed by atoms with Crippen LogP contribution in [0.4, 0.5) is 0 Å². The molecule has 0 aromatic carbocycles. The SMILES string of the molecule is CC1CCC(CCC(=O)C(C)(C)C)CC1. The molecule has 1 aliphatic rings. The molecular weight excluding hydrogens is 184 g/mol. The summed E-state index contributed by atoms with van der Waals surface area (Å²) >= 11 is 0. The van der Waals surface area contributed by atoms with Crippen molar-refractivity contribution in [1.82, 2.24) is 0 Å². The molecule has 0 spiro atoms. The van der Waals surface area contributed by atoms with Crippen molar-refractivity contribution in [2.45, 2.75) is 66.2 Å². The first kappa shape index (κ1) is 12.7. The third kappa shape index (κ3) is 4.36. The van der Waals surface area contributed by atoms with Crippen LogP contribution in [0.5, 0.6) is 0 Å². The Morgan fingerprint density at radius 2 is 1.67 bits per heavy atom. The van der Waals surface area contributed by atoms with E-state index in [1.165, 1.54) is 25.7 Å². The molecule has 0 aromatic rings. The van der Waals surface area contributed by atoms with E-state index in [2.05, 4.69) is 6.92 Å². The summed E-state index contributed by atoms with van der Waals surface area (Å²) in [6.45, 7) is 8.42. The number of hydrogen-bond donors (Lipinski definition) is 0. The number of carbonyl (C=O) groups excluding carboxylic acids is 1. The lowest BCUT2D eigenvalue weighted by Gasteiger charge is -2.26. The monoisotopic (exact) mass is 210 g/mol. The molecule has 1 heteroatoms. The van der Waals surface area contributed by atoms with Crippen LogP contribution in [0.2, 0.25) is 0 Å². The maximum atomic E-state index is 11.8. The normalized spacial score (nSPS) is 27.7. The zero-order valence-electron chi connectivity index (χ0n) is 10.8. The fourth-order valence-electron chi connectivity index (χ4n) is 2.33. The predicted octanol–water partition coefficient (Wildman–Crippen LogP) is 4.21. The van der Waals surface area contributed by atoms with Crippen LogP contribution in [0.25, 0.3) is 0 Å². The van der Waals surface area contributed by atoms with Crippen molar-refractivity contribution in [3.63, 3.8) is 0 Å². The maximum absolute atomic E-state index is 11.8. The molecule has 1 rings (SSSR count). The van der Waals surface area contributed by atoms with Gasteiger partial charge >= 0.3 is 0 Å². The molecule has 1 nitrogen and oxygen atoms in total. The van der Waals surface area contributed by atoms with Gasteiger partial charge in [-0.1, -0.05) is 53.4 Å². The molecule has 0 bridgehead atoms. The van der Waals surface area contributed by atoms with Crippen molar-refractivity contribution in [1.29, 1.82) is 0 Å². The Kier molecular flexibility index (Phi) is 4.36. The van der Waals surface area contributed by atoms with Gasteiger partial charge in [0.05, 0.1) is 0 Å². The van der Waals surface area contributed by atoms with Crippen LogP contribution in [0, 0.1) is 17.3 Å². The van der Waals surface area contributed by atoms with E-state index < -0.39 is 0 Å². The first-order chi connectivity index (χ1) is 6.89. The van der Waals surface area contributed by atoms with E-state index in [4.69, 9.17) is 0 Å². The molecule has 0 atom stereocenters. The molecule has 0 aliphatic heterocycles. The summed E-state index contributed by atoms with van der Waals surface area (Å²) < 4.78 is 0. The Morgan fingerprint density at radius 1 is 1.13 bits per heavy atom. The van der Waals surface area contributed by atoms with Crippen LogP contribution in [0.15, 0.2) is 0 Å². The molecule has 0 unspecified atom stereocenters. The second kappa shape index (κ2) is 5.14. The van der Waals surface area contributed by atoms with Crippen LogP contribution >= 0.6 is 0 Å². The fourth-order valence-corrected chi connectivity index (χ4v) is 2.33. The van der Waals surface area contributed by atoms with Crippen LogP contribution in [-0.4, -0.2) is 5.78 Å². The highest BCUT2D eigenvalue weighted by atomic mass is 16.1. The van der Waals surface area contributed by atoms with Gasteiger partial charge in [0.2, 0.25) is 0 Å². The van der Waals surface area contributed by atoms with Gasteiger partial charge in [-0.25, -0.2) is 0 Å². The second-order valence-electron chi connectivity index (χ2n) is 6.34. The van der Waals surface area contributed by atoms with Crippen LogP contribution in [-0.2, 0) is 4.79 Å². The van der Waals surface area contributed by atoms with E-state index in [1.807, 2.05) is 20.8 Å². The first-order valence-electron chi connectivity index (χ1n) is 6.43. The van der Waals surface area contributed by atoms with Crippen LogP contribution in [0.3, 0.4) is 0 Å². The van der Waals surface area contributed by atoms with Crippen molar-refractivity contribution in [3.8, 4) is 0 Å². The van der Waals surface area contributed by atoms with E-state index in [0.29, 0.717) is 5.78 Å². The predicted molar refractivity (Wildman–Crippen MR) is 64.8 cm³/mol. The standard InChI is InChI=1S/C14H26O/c1-11-5-7-12(8-6-11)9-10-13(15)14(2,3)4/h11-12H,5-10H2,1-4H3. The van der Waals surface area contributed by atoms with Gasteiger partial charge in [0, 0.05) is 11.8 Å². The highest BCUT2D eigenvalue weighted by Gasteiger charge is 2.23. The minimum atomic E-state index is -0.137. The van der Waals surface area contributed by atoms with Gasteiger partial charge in [-0.3, -0.25) is 4.79 Å². The van der Waals surface area contributed by atoms with Gasteiger partial charge in [0.25, 0.3) is 0 Å². The Bertz CT molecular complexity index is 204. The molecule has 0 radical (unpaired) electrons. The van der Waals surface area contributed by atoms with Gasteiger partial charge in [-0.15, -0.1) is 0 Å². The molecule has 1 fully saturated rings. The molecular formula is C14H26O. The molecule has 1 aliphatic carbocycles. The lowest BCUT2D eigenvalue weighted by molar-refractivity contribution is -0.126. The lowest BCUT2D eigenvalue weighted by Crippen LogP contribution is -2.21. The first-order valence-corrected chi connectivity index (χ1v) is 6.43. The quantitative estimate of drug-likeness (QED) is 0.682. The third-order valence-electron chi connectivity index (χ3n) is 3.75. The molecule has 0 saturated heterocycles. The van der Waals surface area contributed by atoms with Crippen molar-refractivity contribution >= 4 is 5.78 Å². The van der Waals surface area contributed by atoms with E-state index >= 15 is 0 Å². The number of rotatable bonds is 3. The summed E-state index contributed by atoms with van der Waals surface area (Å²) in [5.41, 5.74) is -0.137. The third-order valence-corrected chi connectivity index (χ3v) is 3.75. The van der Waals surface area contributed by atoms with Crippen molar-refractivity contribution in [2.24, 2.45) is 17.3 Å². The number of hydrogen-bond acceptors (Lipinski definition) is 1. The fraction of sp³-hybridized carbons (Fsp3) is 0.929. The average Bonchev–Trinajstić information content (AvgIpc) is 2.15. The Morgan fingerprint density at radius 3 is 2.13 bits per heavy atom. The molecule has 0 heterocycles. The Hall–Kier alpha value is -0.330. The van der Waals surface area contributed by atoms with Crippen LogP contribution in [0.1, 0.15) is 66.2 Å². The highest BCUT2D eigenvalue weighted by Crippen LogP contribution is 2.32. The molecule has 0 N–H and O–H groups in total. The largest absolute Gasteiger partial charge is 0.299 e. The highest BCUT2D eigenvalue weighted by molar-refractivity contribution is 5.83. The van der Waals surface area contributed by atoms with Crippen molar-refractivity contribution < 1.29 is 4.79 Å². The number of ketones is 1. The zero-order valence-corrected chi connectivity index (χ0v) is 10.8. The van der Waals surface area contributed by atoms with E-state index in [-0.39, 0.29) is 5.41 Å². The zero-order chi connectivity index (χ0) is 11.5. The van der Waals surface area contributed by atoms with E-state index in [0.717, 1.165) is 24.7 Å². The van der Waals surface area contributed by atoms with Gasteiger partial charge < -0.3 is 0 Å². The minimum absolute atomic E-state index is 0.137. The van der Waals surface area contributed by atoms with E-state index in [9.17, 15) is 4.79 Å². The number of Topliss-reactive ketones (excluding diaryl/α,β-unsaturated/α-hetero) is 1. The van der Waals surface area contributed by atoms with Gasteiger partial charge in [-0.2, -0.15) is 0 Å². The Labute approximate surface area is 94.6 Å². The molecule has 15 heavy (non-hydrogen) atoms. The molecule has 88 valence electrons. The van der Waals surface area contributed by atoms with Crippen molar-refractivity contribution in [3.05, 3.63) is 0 Å². The van der Waals surface area contributed by atoms with E-state index in [1.54, 1.807) is 0 Å². The summed E-state index contributed by atoms with van der Waals surface area (Å²) in [5.74, 6) is 2.17. The van der Waals surface area contributed by atoms with Gasteiger partial charge in [0.15, 0.2) is 0 Å². The average molecular weight is 210 g/mol. The summed E-state index contributed by atoms with van der Waals surface area (Å²) in [6, 6.07) is 0. The summed E-state index contributed by atoms with van der Waals surface area (Å²) in [6.07, 6.45) is 7.35. The topological polar surface area (TPSA) is 17.1 Å². The van der Waals surface area contributed by atoms with Gasteiger partial charge in [-0.05, 0) is 18.3 Å².